The quantitative estimate of drug-likeness (QED) is 0.820. The Morgan fingerprint density at radius 2 is 1.96 bits per heavy atom. The van der Waals surface area contributed by atoms with E-state index < -0.39 is 0 Å². The van der Waals surface area contributed by atoms with E-state index in [9.17, 15) is 9.18 Å². The normalized spacial score (nSPS) is 11.0. The highest BCUT2D eigenvalue weighted by Crippen LogP contribution is 2.14. The first-order chi connectivity index (χ1) is 11.0. The van der Waals surface area contributed by atoms with Gasteiger partial charge >= 0.3 is 0 Å². The number of rotatable bonds is 6. The van der Waals surface area contributed by atoms with Crippen LogP contribution in [0.4, 0.5) is 4.39 Å². The van der Waals surface area contributed by atoms with Gasteiger partial charge in [-0.2, -0.15) is 0 Å². The van der Waals surface area contributed by atoms with Crippen LogP contribution >= 0.6 is 0 Å². The minimum absolute atomic E-state index is 0.110. The van der Waals surface area contributed by atoms with Crippen molar-refractivity contribution in [2.24, 2.45) is 0 Å². The van der Waals surface area contributed by atoms with E-state index in [1.165, 1.54) is 18.2 Å². The number of hydrogen-bond acceptors (Lipinski definition) is 2. The predicted octanol–water partition coefficient (Wildman–Crippen LogP) is 3.94. The van der Waals surface area contributed by atoms with Crippen molar-refractivity contribution < 1.29 is 13.9 Å². The van der Waals surface area contributed by atoms with Gasteiger partial charge in [-0.15, -0.1) is 0 Å². The lowest BCUT2D eigenvalue weighted by atomic mass is 10.2. The fourth-order valence-electron chi connectivity index (χ4n) is 1.99. The fourth-order valence-corrected chi connectivity index (χ4v) is 1.99. The van der Waals surface area contributed by atoms with Crippen LogP contribution in [0.15, 0.2) is 54.6 Å². The van der Waals surface area contributed by atoms with Gasteiger partial charge in [-0.1, -0.05) is 24.3 Å². The van der Waals surface area contributed by atoms with E-state index in [1.807, 2.05) is 38.1 Å². The van der Waals surface area contributed by atoms with Gasteiger partial charge in [0.2, 0.25) is 5.91 Å². The standard InChI is InChI=1S/C19H20FNO2/c1-14(2)23-18-5-3-4-16(12-18)13-21-19(22)11-8-15-6-9-17(20)10-7-15/h3-12,14H,13H2,1-2H3,(H,21,22)/b11-8+. The molecule has 0 aromatic heterocycles. The van der Waals surface area contributed by atoms with Gasteiger partial charge in [0.1, 0.15) is 11.6 Å². The zero-order valence-corrected chi connectivity index (χ0v) is 13.3. The molecule has 2 rings (SSSR count). The highest BCUT2D eigenvalue weighted by Gasteiger charge is 2.01. The zero-order chi connectivity index (χ0) is 16.7. The number of halogens is 1. The van der Waals surface area contributed by atoms with Crippen LogP contribution in [0.25, 0.3) is 6.08 Å². The average Bonchev–Trinajstić information content (AvgIpc) is 2.52. The number of amides is 1. The zero-order valence-electron chi connectivity index (χ0n) is 13.3. The molecule has 0 aliphatic rings. The summed E-state index contributed by atoms with van der Waals surface area (Å²) in [6, 6.07) is 13.6. The maximum Gasteiger partial charge on any atom is 0.244 e. The van der Waals surface area contributed by atoms with Gasteiger partial charge in [0.15, 0.2) is 0 Å². The molecule has 0 heterocycles. The Balaban J connectivity index is 1.87. The van der Waals surface area contributed by atoms with Crippen molar-refractivity contribution in [2.45, 2.75) is 26.5 Å². The van der Waals surface area contributed by atoms with E-state index in [-0.39, 0.29) is 17.8 Å². The Kier molecular flexibility index (Phi) is 5.92. The number of nitrogens with one attached hydrogen (secondary N) is 1. The molecule has 0 atom stereocenters. The summed E-state index contributed by atoms with van der Waals surface area (Å²) in [5, 5.41) is 2.81. The molecule has 0 radical (unpaired) electrons. The van der Waals surface area contributed by atoms with Crippen LogP contribution in [0.2, 0.25) is 0 Å². The summed E-state index contributed by atoms with van der Waals surface area (Å²) < 4.78 is 18.4. The number of hydrogen-bond donors (Lipinski definition) is 1. The van der Waals surface area contributed by atoms with Gasteiger partial charge < -0.3 is 10.1 Å². The molecule has 2 aromatic rings. The van der Waals surface area contributed by atoms with Crippen LogP contribution in [0, 0.1) is 5.82 Å². The first kappa shape index (κ1) is 16.7. The number of carbonyl (C=O) groups excluding carboxylic acids is 1. The molecule has 0 aliphatic carbocycles. The van der Waals surface area contributed by atoms with Crippen LogP contribution in [0.1, 0.15) is 25.0 Å². The second-order valence-corrected chi connectivity index (χ2v) is 5.42. The summed E-state index contributed by atoms with van der Waals surface area (Å²) in [5.41, 5.74) is 1.74. The summed E-state index contributed by atoms with van der Waals surface area (Å²) in [4.78, 5) is 11.8. The molecule has 0 saturated heterocycles. The number of benzene rings is 2. The average molecular weight is 313 g/mol. The number of ether oxygens (including phenoxy) is 1. The maximum absolute atomic E-state index is 12.8. The molecule has 0 saturated carbocycles. The molecule has 1 amide bonds. The van der Waals surface area contributed by atoms with Gasteiger partial charge in [0.05, 0.1) is 6.10 Å². The first-order valence-electron chi connectivity index (χ1n) is 7.50. The molecule has 0 fully saturated rings. The molecule has 0 spiro atoms. The Hall–Kier alpha value is -2.62. The van der Waals surface area contributed by atoms with Crippen molar-refractivity contribution in [3.8, 4) is 5.75 Å². The molecule has 0 aliphatic heterocycles. The Bertz CT molecular complexity index is 678. The molecule has 4 heteroatoms. The summed E-state index contributed by atoms with van der Waals surface area (Å²) in [6.07, 6.45) is 3.19. The Labute approximate surface area is 135 Å². The van der Waals surface area contributed by atoms with Crippen molar-refractivity contribution in [3.05, 3.63) is 71.6 Å². The summed E-state index contributed by atoms with van der Waals surface area (Å²) in [6.45, 7) is 4.35. The second kappa shape index (κ2) is 8.13. The minimum atomic E-state index is -0.296. The summed E-state index contributed by atoms with van der Waals surface area (Å²) in [5.74, 6) is 0.285. The molecule has 23 heavy (non-hydrogen) atoms. The van der Waals surface area contributed by atoms with Crippen LogP contribution in [-0.2, 0) is 11.3 Å². The third-order valence-corrected chi connectivity index (χ3v) is 3.03. The first-order valence-corrected chi connectivity index (χ1v) is 7.50. The van der Waals surface area contributed by atoms with Crippen LogP contribution < -0.4 is 10.1 Å². The highest BCUT2D eigenvalue weighted by molar-refractivity contribution is 5.91. The molecule has 1 N–H and O–H groups in total. The van der Waals surface area contributed by atoms with Gasteiger partial charge in [-0.25, -0.2) is 4.39 Å². The van der Waals surface area contributed by atoms with E-state index in [2.05, 4.69) is 5.32 Å². The lowest BCUT2D eigenvalue weighted by molar-refractivity contribution is -0.116. The third-order valence-electron chi connectivity index (χ3n) is 3.03. The Morgan fingerprint density at radius 1 is 1.22 bits per heavy atom. The topological polar surface area (TPSA) is 38.3 Å². The van der Waals surface area contributed by atoms with E-state index in [0.29, 0.717) is 6.54 Å². The van der Waals surface area contributed by atoms with Gasteiger partial charge in [0.25, 0.3) is 0 Å². The molecule has 3 nitrogen and oxygen atoms in total. The SMILES string of the molecule is CC(C)Oc1cccc(CNC(=O)/C=C/c2ccc(F)cc2)c1. The van der Waals surface area contributed by atoms with Crippen molar-refractivity contribution in [2.75, 3.05) is 0 Å². The Morgan fingerprint density at radius 3 is 2.65 bits per heavy atom. The fraction of sp³-hybridized carbons (Fsp3) is 0.211. The highest BCUT2D eigenvalue weighted by atomic mass is 19.1. The van der Waals surface area contributed by atoms with E-state index >= 15 is 0 Å². The van der Waals surface area contributed by atoms with E-state index in [0.717, 1.165) is 16.9 Å². The smallest absolute Gasteiger partial charge is 0.244 e. The second-order valence-electron chi connectivity index (χ2n) is 5.42. The van der Waals surface area contributed by atoms with Crippen LogP contribution in [-0.4, -0.2) is 12.0 Å². The van der Waals surface area contributed by atoms with Gasteiger partial charge in [-0.05, 0) is 55.3 Å². The van der Waals surface area contributed by atoms with E-state index in [1.54, 1.807) is 18.2 Å². The monoisotopic (exact) mass is 313 g/mol. The minimum Gasteiger partial charge on any atom is -0.491 e. The third kappa shape index (κ3) is 5.94. The van der Waals surface area contributed by atoms with E-state index in [4.69, 9.17) is 4.74 Å². The van der Waals surface area contributed by atoms with Gasteiger partial charge in [-0.3, -0.25) is 4.79 Å². The molecule has 0 bridgehead atoms. The lowest BCUT2D eigenvalue weighted by Crippen LogP contribution is -2.20. The van der Waals surface area contributed by atoms with Crippen molar-refractivity contribution >= 4 is 12.0 Å². The molecule has 120 valence electrons. The lowest BCUT2D eigenvalue weighted by Gasteiger charge is -2.11. The molecule has 2 aromatic carbocycles. The van der Waals surface area contributed by atoms with Crippen molar-refractivity contribution in [1.29, 1.82) is 0 Å². The van der Waals surface area contributed by atoms with Crippen LogP contribution in [0.5, 0.6) is 5.75 Å². The molecule has 0 unspecified atom stereocenters. The maximum atomic E-state index is 12.8. The van der Waals surface area contributed by atoms with Crippen LogP contribution in [0.3, 0.4) is 0 Å². The largest absolute Gasteiger partial charge is 0.491 e. The predicted molar refractivity (Wildman–Crippen MR) is 89.5 cm³/mol. The molecular weight excluding hydrogens is 293 g/mol. The summed E-state index contributed by atoms with van der Waals surface area (Å²) in [7, 11) is 0. The molecular formula is C19H20FNO2. The van der Waals surface area contributed by atoms with Gasteiger partial charge in [0, 0.05) is 12.6 Å². The number of carbonyl (C=O) groups is 1. The van der Waals surface area contributed by atoms with Crippen molar-refractivity contribution in [3.63, 3.8) is 0 Å². The summed E-state index contributed by atoms with van der Waals surface area (Å²) >= 11 is 0. The van der Waals surface area contributed by atoms with Crippen molar-refractivity contribution in [1.82, 2.24) is 5.32 Å².